The van der Waals surface area contributed by atoms with Crippen molar-refractivity contribution in [2.75, 3.05) is 32.0 Å². The molecule has 2 heterocycles. The summed E-state index contributed by atoms with van der Waals surface area (Å²) in [6.45, 7) is 2.39. The SMILES string of the molecule is CN=C(NCC(=O)Nc1cccnc1)NC1CCN(C2CCCC2)C1. The molecule has 0 aromatic carbocycles. The van der Waals surface area contributed by atoms with Gasteiger partial charge in [-0.1, -0.05) is 12.8 Å². The zero-order valence-electron chi connectivity index (χ0n) is 14.9. The molecule has 7 heteroatoms. The van der Waals surface area contributed by atoms with Gasteiger partial charge in [0.15, 0.2) is 5.96 Å². The Morgan fingerprint density at radius 3 is 2.92 bits per heavy atom. The molecule has 0 bridgehead atoms. The van der Waals surface area contributed by atoms with E-state index < -0.39 is 0 Å². The monoisotopic (exact) mass is 344 g/mol. The molecule has 1 amide bonds. The number of hydrogen-bond donors (Lipinski definition) is 3. The molecule has 2 fully saturated rings. The number of aliphatic imine (C=N–C) groups is 1. The Hall–Kier alpha value is -2.15. The molecule has 136 valence electrons. The second kappa shape index (κ2) is 8.80. The first kappa shape index (κ1) is 17.7. The predicted molar refractivity (Wildman–Crippen MR) is 99.6 cm³/mol. The standard InChI is InChI=1S/C18H28N6O/c1-19-18(21-12-17(25)22-14-5-4-9-20-11-14)23-15-8-10-24(13-15)16-6-2-3-7-16/h4-5,9,11,15-16H,2-3,6-8,10,12-13H2,1H3,(H,22,25)(H2,19,21,23). The number of pyridine rings is 1. The first-order valence-electron chi connectivity index (χ1n) is 9.15. The lowest BCUT2D eigenvalue weighted by molar-refractivity contribution is -0.115. The molecule has 3 rings (SSSR count). The summed E-state index contributed by atoms with van der Waals surface area (Å²) < 4.78 is 0. The maximum Gasteiger partial charge on any atom is 0.243 e. The van der Waals surface area contributed by atoms with Gasteiger partial charge in [0.25, 0.3) is 0 Å². The summed E-state index contributed by atoms with van der Waals surface area (Å²) in [7, 11) is 1.73. The highest BCUT2D eigenvalue weighted by Crippen LogP contribution is 2.26. The van der Waals surface area contributed by atoms with E-state index in [0.717, 1.165) is 25.6 Å². The van der Waals surface area contributed by atoms with Crippen LogP contribution in [0.5, 0.6) is 0 Å². The third-order valence-corrected chi connectivity index (χ3v) is 4.99. The minimum Gasteiger partial charge on any atom is -0.352 e. The van der Waals surface area contributed by atoms with E-state index in [1.54, 1.807) is 25.5 Å². The quantitative estimate of drug-likeness (QED) is 0.552. The molecule has 1 aromatic rings. The number of anilines is 1. The summed E-state index contributed by atoms with van der Waals surface area (Å²) in [5.41, 5.74) is 0.695. The first-order chi connectivity index (χ1) is 12.2. The molecule has 7 nitrogen and oxygen atoms in total. The first-order valence-corrected chi connectivity index (χ1v) is 9.15. The molecule has 1 saturated carbocycles. The predicted octanol–water partition coefficient (Wildman–Crippen LogP) is 1.20. The lowest BCUT2D eigenvalue weighted by Crippen LogP contribution is -2.47. The smallest absolute Gasteiger partial charge is 0.243 e. The molecule has 1 aliphatic heterocycles. The fourth-order valence-corrected chi connectivity index (χ4v) is 3.70. The molecule has 1 saturated heterocycles. The van der Waals surface area contributed by atoms with E-state index in [1.807, 2.05) is 6.07 Å². The van der Waals surface area contributed by atoms with E-state index >= 15 is 0 Å². The molecule has 1 atom stereocenters. The summed E-state index contributed by atoms with van der Waals surface area (Å²) in [5, 5.41) is 9.34. The van der Waals surface area contributed by atoms with Gasteiger partial charge < -0.3 is 16.0 Å². The van der Waals surface area contributed by atoms with Gasteiger partial charge in [0.05, 0.1) is 18.4 Å². The van der Waals surface area contributed by atoms with Crippen molar-refractivity contribution in [1.29, 1.82) is 0 Å². The molecule has 3 N–H and O–H groups in total. The van der Waals surface area contributed by atoms with Crippen molar-refractivity contribution < 1.29 is 4.79 Å². The lowest BCUT2D eigenvalue weighted by Gasteiger charge is -2.24. The number of rotatable bonds is 5. The van der Waals surface area contributed by atoms with E-state index in [2.05, 4.69) is 30.8 Å². The van der Waals surface area contributed by atoms with Crippen molar-refractivity contribution in [1.82, 2.24) is 20.5 Å². The van der Waals surface area contributed by atoms with Gasteiger partial charge in [-0.15, -0.1) is 0 Å². The number of likely N-dealkylation sites (tertiary alicyclic amines) is 1. The van der Waals surface area contributed by atoms with Crippen molar-refractivity contribution in [3.05, 3.63) is 24.5 Å². The second-order valence-electron chi connectivity index (χ2n) is 6.78. The molecular formula is C18H28N6O. The lowest BCUT2D eigenvalue weighted by atomic mass is 10.2. The van der Waals surface area contributed by atoms with Crippen LogP contribution in [0.3, 0.4) is 0 Å². The Morgan fingerprint density at radius 2 is 2.20 bits per heavy atom. The molecule has 1 aromatic heterocycles. The highest BCUT2D eigenvalue weighted by Gasteiger charge is 2.30. The van der Waals surface area contributed by atoms with E-state index in [1.165, 1.54) is 25.7 Å². The molecule has 25 heavy (non-hydrogen) atoms. The Morgan fingerprint density at radius 1 is 1.36 bits per heavy atom. The van der Waals surface area contributed by atoms with Gasteiger partial charge in [0.2, 0.25) is 5.91 Å². The summed E-state index contributed by atoms with van der Waals surface area (Å²) in [6, 6.07) is 4.77. The van der Waals surface area contributed by atoms with E-state index in [0.29, 0.717) is 17.7 Å². The molecule has 0 spiro atoms. The number of nitrogens with one attached hydrogen (secondary N) is 3. The van der Waals surface area contributed by atoms with Gasteiger partial charge in [0, 0.05) is 38.4 Å². The summed E-state index contributed by atoms with van der Waals surface area (Å²) in [4.78, 5) is 22.8. The third-order valence-electron chi connectivity index (χ3n) is 4.99. The topological polar surface area (TPSA) is 81.6 Å². The van der Waals surface area contributed by atoms with Crippen molar-refractivity contribution in [2.24, 2.45) is 4.99 Å². The Labute approximate surface area is 149 Å². The van der Waals surface area contributed by atoms with E-state index in [9.17, 15) is 4.79 Å². The van der Waals surface area contributed by atoms with Gasteiger partial charge in [-0.3, -0.25) is 19.7 Å². The number of carbonyl (C=O) groups is 1. The van der Waals surface area contributed by atoms with Crippen LogP contribution in [0.1, 0.15) is 32.1 Å². The van der Waals surface area contributed by atoms with Crippen LogP contribution in [-0.2, 0) is 4.79 Å². The van der Waals surface area contributed by atoms with Gasteiger partial charge in [-0.2, -0.15) is 0 Å². The summed E-state index contributed by atoms with van der Waals surface area (Å²) >= 11 is 0. The van der Waals surface area contributed by atoms with Gasteiger partial charge in [0.1, 0.15) is 0 Å². The summed E-state index contributed by atoms with van der Waals surface area (Å²) in [5.74, 6) is 0.564. The number of guanidine groups is 1. The van der Waals surface area contributed by atoms with Crippen LogP contribution in [0.2, 0.25) is 0 Å². The molecular weight excluding hydrogens is 316 g/mol. The number of aromatic nitrogens is 1. The Kier molecular flexibility index (Phi) is 6.22. The number of carbonyl (C=O) groups excluding carboxylic acids is 1. The van der Waals surface area contributed by atoms with Crippen LogP contribution in [0.25, 0.3) is 0 Å². The van der Waals surface area contributed by atoms with Crippen molar-refractivity contribution >= 4 is 17.6 Å². The highest BCUT2D eigenvalue weighted by atomic mass is 16.1. The van der Waals surface area contributed by atoms with Crippen LogP contribution >= 0.6 is 0 Å². The van der Waals surface area contributed by atoms with Gasteiger partial charge in [-0.25, -0.2) is 0 Å². The maximum atomic E-state index is 12.0. The third kappa shape index (κ3) is 5.16. The minimum absolute atomic E-state index is 0.116. The van der Waals surface area contributed by atoms with Crippen molar-refractivity contribution in [3.63, 3.8) is 0 Å². The fraction of sp³-hybridized carbons (Fsp3) is 0.611. The second-order valence-corrected chi connectivity index (χ2v) is 6.78. The van der Waals surface area contributed by atoms with Crippen LogP contribution < -0.4 is 16.0 Å². The van der Waals surface area contributed by atoms with Crippen LogP contribution in [0.15, 0.2) is 29.5 Å². The number of amides is 1. The molecule has 0 radical (unpaired) electrons. The Bertz CT molecular complexity index is 584. The number of hydrogen-bond acceptors (Lipinski definition) is 4. The minimum atomic E-state index is -0.116. The largest absolute Gasteiger partial charge is 0.352 e. The molecule has 2 aliphatic rings. The molecule has 1 unspecified atom stereocenters. The Balaban J connectivity index is 1.40. The number of nitrogens with zero attached hydrogens (tertiary/aromatic N) is 3. The maximum absolute atomic E-state index is 12.0. The van der Waals surface area contributed by atoms with Crippen LogP contribution in [0, 0.1) is 0 Å². The zero-order chi connectivity index (χ0) is 17.5. The van der Waals surface area contributed by atoms with Crippen LogP contribution in [0.4, 0.5) is 5.69 Å². The van der Waals surface area contributed by atoms with E-state index in [-0.39, 0.29) is 12.5 Å². The fourth-order valence-electron chi connectivity index (χ4n) is 3.70. The normalized spacial score (nSPS) is 22.1. The average molecular weight is 344 g/mol. The van der Waals surface area contributed by atoms with Crippen molar-refractivity contribution in [3.8, 4) is 0 Å². The average Bonchev–Trinajstić information content (AvgIpc) is 3.31. The van der Waals surface area contributed by atoms with Gasteiger partial charge in [-0.05, 0) is 31.4 Å². The zero-order valence-corrected chi connectivity index (χ0v) is 14.9. The summed E-state index contributed by atoms with van der Waals surface area (Å²) in [6.07, 6.45) is 9.85. The van der Waals surface area contributed by atoms with Gasteiger partial charge >= 0.3 is 0 Å². The van der Waals surface area contributed by atoms with Crippen molar-refractivity contribution in [2.45, 2.75) is 44.2 Å². The van der Waals surface area contributed by atoms with Crippen LogP contribution in [-0.4, -0.2) is 60.5 Å². The highest BCUT2D eigenvalue weighted by molar-refractivity contribution is 5.94. The molecule has 1 aliphatic carbocycles. The van der Waals surface area contributed by atoms with E-state index in [4.69, 9.17) is 0 Å².